The van der Waals surface area contributed by atoms with Crippen LogP contribution in [0.2, 0.25) is 0 Å². The zero-order valence-corrected chi connectivity index (χ0v) is 17.5. The summed E-state index contributed by atoms with van der Waals surface area (Å²) in [6.07, 6.45) is 2.45. The third-order valence-electron chi connectivity index (χ3n) is 5.01. The maximum absolute atomic E-state index is 12.9. The number of fused-ring (bicyclic) bond motifs is 2. The summed E-state index contributed by atoms with van der Waals surface area (Å²) in [7, 11) is 0. The zero-order chi connectivity index (χ0) is 22.0. The lowest BCUT2D eigenvalue weighted by Crippen LogP contribution is -2.41. The number of hydrogen-bond acceptors (Lipinski definition) is 5. The third kappa shape index (κ3) is 4.31. The lowest BCUT2D eigenvalue weighted by Gasteiger charge is -2.13. The van der Waals surface area contributed by atoms with Crippen LogP contribution in [0.1, 0.15) is 27.1 Å². The Morgan fingerprint density at radius 2 is 1.90 bits per heavy atom. The summed E-state index contributed by atoms with van der Waals surface area (Å²) in [6.45, 7) is 0. The number of hydrogen-bond donors (Lipinski definition) is 4. The quantitative estimate of drug-likeness (QED) is 0.490. The van der Waals surface area contributed by atoms with Crippen LogP contribution in [0.4, 0.5) is 11.4 Å². The summed E-state index contributed by atoms with van der Waals surface area (Å²) < 4.78 is 0. The summed E-state index contributed by atoms with van der Waals surface area (Å²) >= 11 is 1.59. The lowest BCUT2D eigenvalue weighted by molar-refractivity contribution is -0.117. The van der Waals surface area contributed by atoms with E-state index in [0.717, 1.165) is 5.75 Å². The van der Waals surface area contributed by atoms with Crippen LogP contribution < -0.4 is 21.5 Å². The van der Waals surface area contributed by atoms with Gasteiger partial charge in [0, 0.05) is 22.7 Å². The summed E-state index contributed by atoms with van der Waals surface area (Å²) in [5.41, 5.74) is 1.41. The van der Waals surface area contributed by atoms with Gasteiger partial charge in [0.25, 0.3) is 11.8 Å². The maximum atomic E-state index is 12.9. The molecule has 0 aliphatic carbocycles. The molecule has 0 fully saturated rings. The number of rotatable bonds is 5. The molecule has 158 valence electrons. The molecule has 31 heavy (non-hydrogen) atoms. The van der Waals surface area contributed by atoms with Crippen molar-refractivity contribution in [3.63, 3.8) is 0 Å². The van der Waals surface area contributed by atoms with Crippen molar-refractivity contribution in [1.82, 2.24) is 10.3 Å². The number of nitrogens with one attached hydrogen (secondary N) is 4. The third-order valence-corrected chi connectivity index (χ3v) is 5.65. The molecule has 3 amide bonds. The number of H-pyrrole nitrogens is 1. The van der Waals surface area contributed by atoms with Crippen molar-refractivity contribution in [2.75, 3.05) is 22.6 Å². The monoisotopic (exact) mass is 436 g/mol. The van der Waals surface area contributed by atoms with Gasteiger partial charge in [-0.25, -0.2) is 0 Å². The van der Waals surface area contributed by atoms with Gasteiger partial charge in [-0.3, -0.25) is 19.2 Å². The van der Waals surface area contributed by atoms with E-state index in [1.54, 1.807) is 48.2 Å². The molecular formula is C22H20N4O4S. The first-order valence-corrected chi connectivity index (χ1v) is 11.0. The Morgan fingerprint density at radius 1 is 1.10 bits per heavy atom. The highest BCUT2D eigenvalue weighted by Gasteiger charge is 2.27. The van der Waals surface area contributed by atoms with Crippen molar-refractivity contribution < 1.29 is 14.4 Å². The standard InChI is InChI=1S/C22H20N4O4S/c1-31-9-8-18-22(30)25-17-7-6-12(10-15(17)21(29)26-18)23-20(28)14-11-19(27)24-16-5-3-2-4-13(14)16/h2-7,10-11,18H,8-9H2,1H3,(H,23,28)(H,24,27)(H,25,30)(H,26,29). The zero-order valence-electron chi connectivity index (χ0n) is 16.7. The largest absolute Gasteiger partial charge is 0.340 e. The molecule has 2 heterocycles. The molecule has 1 unspecified atom stereocenters. The van der Waals surface area contributed by atoms with Gasteiger partial charge in [0.15, 0.2) is 0 Å². The van der Waals surface area contributed by atoms with Gasteiger partial charge in [0.1, 0.15) is 6.04 Å². The maximum Gasteiger partial charge on any atom is 0.256 e. The van der Waals surface area contributed by atoms with E-state index < -0.39 is 17.9 Å². The molecule has 4 rings (SSSR count). The van der Waals surface area contributed by atoms with Gasteiger partial charge in [0.2, 0.25) is 11.5 Å². The highest BCUT2D eigenvalue weighted by atomic mass is 32.2. The Kier molecular flexibility index (Phi) is 5.77. The fourth-order valence-corrected chi connectivity index (χ4v) is 3.94. The first-order chi connectivity index (χ1) is 15.0. The molecule has 2 aromatic carbocycles. The van der Waals surface area contributed by atoms with Crippen molar-refractivity contribution in [3.05, 3.63) is 70.0 Å². The molecule has 1 atom stereocenters. The number of pyridine rings is 1. The molecule has 4 N–H and O–H groups in total. The van der Waals surface area contributed by atoms with E-state index in [-0.39, 0.29) is 22.6 Å². The highest BCUT2D eigenvalue weighted by Crippen LogP contribution is 2.25. The second-order valence-electron chi connectivity index (χ2n) is 7.10. The van der Waals surface area contributed by atoms with Crippen LogP contribution in [0.5, 0.6) is 0 Å². The number of benzene rings is 2. The molecule has 0 spiro atoms. The van der Waals surface area contributed by atoms with Crippen LogP contribution in [-0.4, -0.2) is 40.8 Å². The van der Waals surface area contributed by atoms with Crippen LogP contribution in [0.25, 0.3) is 10.9 Å². The summed E-state index contributed by atoms with van der Waals surface area (Å²) in [4.78, 5) is 52.6. The number of para-hydroxylation sites is 1. The first-order valence-electron chi connectivity index (χ1n) is 9.64. The van der Waals surface area contributed by atoms with Crippen LogP contribution >= 0.6 is 11.8 Å². The number of thioether (sulfide) groups is 1. The SMILES string of the molecule is CSCCC1NC(=O)c2cc(NC(=O)c3cc(=O)[nH]c4ccccc34)ccc2NC1=O. The lowest BCUT2D eigenvalue weighted by atomic mass is 10.1. The molecular weight excluding hydrogens is 416 g/mol. The summed E-state index contributed by atoms with van der Waals surface area (Å²) in [6, 6.07) is 12.3. The fourth-order valence-electron chi connectivity index (χ4n) is 3.47. The highest BCUT2D eigenvalue weighted by molar-refractivity contribution is 7.98. The van der Waals surface area contributed by atoms with E-state index in [1.807, 2.05) is 6.26 Å². The number of carbonyl (C=O) groups excluding carboxylic acids is 3. The van der Waals surface area contributed by atoms with Gasteiger partial charge in [-0.05, 0) is 42.7 Å². The minimum absolute atomic E-state index is 0.226. The molecule has 3 aromatic rings. The Hall–Kier alpha value is -3.59. The van der Waals surface area contributed by atoms with Crippen molar-refractivity contribution in [2.45, 2.75) is 12.5 Å². The van der Waals surface area contributed by atoms with Crippen molar-refractivity contribution in [3.8, 4) is 0 Å². The minimum atomic E-state index is -0.618. The molecule has 8 nitrogen and oxygen atoms in total. The van der Waals surface area contributed by atoms with Crippen LogP contribution in [0.15, 0.2) is 53.3 Å². The van der Waals surface area contributed by atoms with Crippen molar-refractivity contribution >= 4 is 51.8 Å². The fraction of sp³-hybridized carbons (Fsp3) is 0.182. The molecule has 0 saturated heterocycles. The smallest absolute Gasteiger partial charge is 0.256 e. The second kappa shape index (κ2) is 8.65. The molecule has 9 heteroatoms. The van der Waals surface area contributed by atoms with E-state index in [1.165, 1.54) is 12.1 Å². The number of amides is 3. The van der Waals surface area contributed by atoms with Gasteiger partial charge >= 0.3 is 0 Å². The van der Waals surface area contributed by atoms with Crippen LogP contribution in [-0.2, 0) is 4.79 Å². The first kappa shape index (κ1) is 20.7. The minimum Gasteiger partial charge on any atom is -0.340 e. The van der Waals surface area contributed by atoms with E-state index in [0.29, 0.717) is 28.7 Å². The predicted octanol–water partition coefficient (Wildman–Crippen LogP) is 2.58. The van der Waals surface area contributed by atoms with Gasteiger partial charge in [-0.1, -0.05) is 18.2 Å². The normalized spacial score (nSPS) is 15.6. The van der Waals surface area contributed by atoms with Gasteiger partial charge in [-0.2, -0.15) is 11.8 Å². The van der Waals surface area contributed by atoms with Crippen molar-refractivity contribution in [1.29, 1.82) is 0 Å². The number of carbonyl (C=O) groups is 3. The predicted molar refractivity (Wildman–Crippen MR) is 122 cm³/mol. The molecule has 1 aromatic heterocycles. The summed E-state index contributed by atoms with van der Waals surface area (Å²) in [5.74, 6) is -0.400. The molecule has 1 aliphatic rings. The Bertz CT molecular complexity index is 1250. The molecule has 0 bridgehead atoms. The van der Waals surface area contributed by atoms with Gasteiger partial charge in [0.05, 0.1) is 16.8 Å². The average molecular weight is 436 g/mol. The molecule has 0 radical (unpaired) electrons. The van der Waals surface area contributed by atoms with Gasteiger partial charge < -0.3 is 20.9 Å². The second-order valence-corrected chi connectivity index (χ2v) is 8.09. The van der Waals surface area contributed by atoms with Crippen molar-refractivity contribution in [2.24, 2.45) is 0 Å². The van der Waals surface area contributed by atoms with E-state index in [9.17, 15) is 19.2 Å². The van der Waals surface area contributed by atoms with E-state index in [4.69, 9.17) is 0 Å². The van der Waals surface area contributed by atoms with Crippen LogP contribution in [0.3, 0.4) is 0 Å². The van der Waals surface area contributed by atoms with E-state index >= 15 is 0 Å². The Labute approximate surface area is 181 Å². The number of anilines is 2. The average Bonchev–Trinajstić information content (AvgIpc) is 2.87. The molecule has 0 saturated carbocycles. The number of aromatic amines is 1. The van der Waals surface area contributed by atoms with E-state index in [2.05, 4.69) is 20.9 Å². The van der Waals surface area contributed by atoms with Gasteiger partial charge in [-0.15, -0.1) is 0 Å². The Balaban J connectivity index is 1.61. The summed E-state index contributed by atoms with van der Waals surface area (Å²) in [5, 5.41) is 8.85. The molecule has 1 aliphatic heterocycles. The topological polar surface area (TPSA) is 120 Å². The number of aromatic nitrogens is 1. The van der Waals surface area contributed by atoms with Crippen LogP contribution in [0, 0.1) is 0 Å². The Morgan fingerprint density at radius 3 is 2.71 bits per heavy atom.